The monoisotopic (exact) mass is 563 g/mol. The molecule has 13 heteroatoms. The molecule has 0 atom stereocenters. The van der Waals surface area contributed by atoms with Gasteiger partial charge in [0.1, 0.15) is 17.1 Å². The third kappa shape index (κ3) is 5.19. The molecule has 1 fully saturated rings. The van der Waals surface area contributed by atoms with Crippen LogP contribution in [0, 0.1) is 0 Å². The van der Waals surface area contributed by atoms with Crippen molar-refractivity contribution in [1.29, 1.82) is 0 Å². The largest absolute Gasteiger partial charge is 0.477 e. The number of hydrogen-bond donors (Lipinski definition) is 2. The highest BCUT2D eigenvalue weighted by Gasteiger charge is 2.44. The van der Waals surface area contributed by atoms with Crippen molar-refractivity contribution in [3.63, 3.8) is 0 Å². The summed E-state index contributed by atoms with van der Waals surface area (Å²) >= 11 is 1.19. The van der Waals surface area contributed by atoms with Crippen molar-refractivity contribution >= 4 is 33.1 Å². The molecule has 0 spiro atoms. The summed E-state index contributed by atoms with van der Waals surface area (Å²) in [4.78, 5) is 36.2. The second-order valence-electron chi connectivity index (χ2n) is 9.48. The van der Waals surface area contributed by atoms with Crippen LogP contribution in [0.5, 0.6) is 5.88 Å². The molecule has 3 heterocycles. The Hall–Kier alpha value is -3.97. The molecule has 0 saturated heterocycles. The second kappa shape index (κ2) is 9.97. The number of sulfonamides is 1. The molecule has 2 N–H and O–H groups in total. The Kier molecular flexibility index (Phi) is 6.47. The SMILES string of the molecule is CCOc1cncc(-c2cnc(C(=O)NC3(c4nccc(NS(=O)(=O)C5CC5)n4)Cc4ccccc4C3)s2)n1. The fourth-order valence-electron chi connectivity index (χ4n) is 4.62. The summed E-state index contributed by atoms with van der Waals surface area (Å²) in [5.41, 5.74) is 1.70. The van der Waals surface area contributed by atoms with Gasteiger partial charge >= 0.3 is 0 Å². The van der Waals surface area contributed by atoms with Crippen molar-refractivity contribution in [2.75, 3.05) is 11.3 Å². The number of carbonyl (C=O) groups excluding carboxylic acids is 1. The van der Waals surface area contributed by atoms with Gasteiger partial charge in [-0.3, -0.25) is 14.5 Å². The van der Waals surface area contributed by atoms with Crippen LogP contribution in [-0.4, -0.2) is 51.1 Å². The fourth-order valence-corrected chi connectivity index (χ4v) is 6.72. The zero-order valence-corrected chi connectivity index (χ0v) is 22.6. The van der Waals surface area contributed by atoms with Crippen LogP contribution in [0.4, 0.5) is 5.82 Å². The van der Waals surface area contributed by atoms with E-state index in [1.807, 2.05) is 31.2 Å². The maximum Gasteiger partial charge on any atom is 0.281 e. The predicted molar refractivity (Wildman–Crippen MR) is 145 cm³/mol. The zero-order chi connectivity index (χ0) is 27.0. The molecule has 1 aromatic carbocycles. The summed E-state index contributed by atoms with van der Waals surface area (Å²) in [6.45, 7) is 2.33. The van der Waals surface area contributed by atoms with Crippen molar-refractivity contribution in [3.8, 4) is 16.5 Å². The van der Waals surface area contributed by atoms with Gasteiger partial charge in [-0.1, -0.05) is 24.3 Å². The summed E-state index contributed by atoms with van der Waals surface area (Å²) in [5.74, 6) is 0.517. The third-order valence-electron chi connectivity index (χ3n) is 6.61. The number of aromatic nitrogens is 5. The Morgan fingerprint density at radius 3 is 2.56 bits per heavy atom. The standard InChI is InChI=1S/C26H25N7O4S2/c1-2-37-22-15-27-13-19(30-22)20-14-29-24(38-20)23(34)32-26(11-16-5-3-4-6-17(16)12-26)25-28-10-9-21(31-25)33-39(35,36)18-7-8-18/h3-6,9-10,13-15,18H,2,7-8,11-12H2,1H3,(H,32,34)(H,28,31,33). The van der Waals surface area contributed by atoms with Crippen molar-refractivity contribution < 1.29 is 17.9 Å². The average molecular weight is 564 g/mol. The minimum Gasteiger partial charge on any atom is -0.477 e. The maximum atomic E-state index is 13.6. The smallest absolute Gasteiger partial charge is 0.281 e. The number of rotatable bonds is 9. The number of fused-ring (bicyclic) bond motifs is 1. The van der Waals surface area contributed by atoms with Crippen molar-refractivity contribution in [2.45, 2.75) is 43.4 Å². The Balaban J connectivity index is 1.30. The molecular formula is C26H25N7O4S2. The molecule has 200 valence electrons. The van der Waals surface area contributed by atoms with Crippen LogP contribution >= 0.6 is 11.3 Å². The van der Waals surface area contributed by atoms with E-state index in [4.69, 9.17) is 4.74 Å². The van der Waals surface area contributed by atoms with Crippen LogP contribution < -0.4 is 14.8 Å². The summed E-state index contributed by atoms with van der Waals surface area (Å²) < 4.78 is 33.1. The van der Waals surface area contributed by atoms with Gasteiger partial charge in [-0.2, -0.15) is 0 Å². The fraction of sp³-hybridized carbons (Fsp3) is 0.308. The van der Waals surface area contributed by atoms with E-state index in [0.29, 0.717) is 54.6 Å². The van der Waals surface area contributed by atoms with Gasteiger partial charge in [0.25, 0.3) is 5.91 Å². The number of amides is 1. The Bertz CT molecular complexity index is 1630. The molecule has 0 unspecified atom stereocenters. The highest BCUT2D eigenvalue weighted by Crippen LogP contribution is 2.38. The van der Waals surface area contributed by atoms with E-state index in [2.05, 4.69) is 35.0 Å². The molecule has 39 heavy (non-hydrogen) atoms. The first kappa shape index (κ1) is 25.3. The minimum atomic E-state index is -3.51. The summed E-state index contributed by atoms with van der Waals surface area (Å²) in [7, 11) is -3.51. The molecule has 0 aliphatic heterocycles. The van der Waals surface area contributed by atoms with Gasteiger partial charge < -0.3 is 10.1 Å². The average Bonchev–Trinajstić information content (AvgIpc) is 3.56. The van der Waals surface area contributed by atoms with E-state index in [0.717, 1.165) is 11.1 Å². The number of ether oxygens (including phenoxy) is 1. The van der Waals surface area contributed by atoms with Gasteiger partial charge in [-0.25, -0.2) is 28.4 Å². The summed E-state index contributed by atoms with van der Waals surface area (Å²) in [6.07, 6.45) is 8.40. The van der Waals surface area contributed by atoms with Crippen LogP contribution in [0.3, 0.4) is 0 Å². The van der Waals surface area contributed by atoms with Gasteiger partial charge in [0.05, 0.1) is 29.1 Å². The van der Waals surface area contributed by atoms with E-state index in [-0.39, 0.29) is 16.7 Å². The lowest BCUT2D eigenvalue weighted by molar-refractivity contribution is 0.0895. The van der Waals surface area contributed by atoms with Gasteiger partial charge in [-0.15, -0.1) is 11.3 Å². The first-order chi connectivity index (χ1) is 18.8. The van der Waals surface area contributed by atoms with E-state index in [1.165, 1.54) is 29.8 Å². The lowest BCUT2D eigenvalue weighted by atomic mass is 9.94. The second-order valence-corrected chi connectivity index (χ2v) is 12.5. The first-order valence-electron chi connectivity index (χ1n) is 12.5. The van der Waals surface area contributed by atoms with Crippen LogP contribution in [0.25, 0.3) is 10.6 Å². The van der Waals surface area contributed by atoms with Crippen LogP contribution in [-0.2, 0) is 28.4 Å². The first-order valence-corrected chi connectivity index (χ1v) is 14.9. The predicted octanol–water partition coefficient (Wildman–Crippen LogP) is 3.12. The molecule has 3 aromatic heterocycles. The van der Waals surface area contributed by atoms with Gasteiger partial charge in [-0.05, 0) is 37.0 Å². The Labute approximate surface area is 229 Å². The number of anilines is 1. The molecule has 1 saturated carbocycles. The maximum absolute atomic E-state index is 13.6. The molecule has 0 radical (unpaired) electrons. The van der Waals surface area contributed by atoms with Gasteiger partial charge in [0.15, 0.2) is 10.8 Å². The highest BCUT2D eigenvalue weighted by atomic mass is 32.2. The molecule has 11 nitrogen and oxygen atoms in total. The van der Waals surface area contributed by atoms with Gasteiger partial charge in [0, 0.05) is 25.2 Å². The highest BCUT2D eigenvalue weighted by molar-refractivity contribution is 7.93. The number of hydrogen-bond acceptors (Lipinski definition) is 10. The summed E-state index contributed by atoms with van der Waals surface area (Å²) in [5, 5.41) is 2.99. The van der Waals surface area contributed by atoms with E-state index in [1.54, 1.807) is 12.4 Å². The number of benzene rings is 1. The molecule has 4 aromatic rings. The molecule has 6 rings (SSSR count). The lowest BCUT2D eigenvalue weighted by Gasteiger charge is -2.28. The zero-order valence-electron chi connectivity index (χ0n) is 21.0. The van der Waals surface area contributed by atoms with Crippen LogP contribution in [0.15, 0.2) is 55.1 Å². The molecule has 2 aliphatic carbocycles. The lowest BCUT2D eigenvalue weighted by Crippen LogP contribution is -2.48. The van der Waals surface area contributed by atoms with Crippen LogP contribution in [0.1, 0.15) is 46.5 Å². The molecule has 2 aliphatic rings. The van der Waals surface area contributed by atoms with E-state index < -0.39 is 20.8 Å². The summed E-state index contributed by atoms with van der Waals surface area (Å²) in [6, 6.07) is 9.43. The Morgan fingerprint density at radius 1 is 1.08 bits per heavy atom. The van der Waals surface area contributed by atoms with E-state index in [9.17, 15) is 13.2 Å². The number of thiazole rings is 1. The van der Waals surface area contributed by atoms with Crippen molar-refractivity contribution in [1.82, 2.24) is 30.2 Å². The van der Waals surface area contributed by atoms with Gasteiger partial charge in [0.2, 0.25) is 15.9 Å². The topological polar surface area (TPSA) is 149 Å². The minimum absolute atomic E-state index is 0.181. The molecule has 0 bridgehead atoms. The Morgan fingerprint density at radius 2 is 1.85 bits per heavy atom. The third-order valence-corrected chi connectivity index (χ3v) is 9.47. The number of nitrogens with one attached hydrogen (secondary N) is 2. The van der Waals surface area contributed by atoms with Crippen LogP contribution in [0.2, 0.25) is 0 Å². The normalized spacial score (nSPS) is 15.9. The number of carbonyl (C=O) groups is 1. The quantitative estimate of drug-likeness (QED) is 0.313. The van der Waals surface area contributed by atoms with Crippen molar-refractivity contribution in [3.05, 3.63) is 77.1 Å². The number of nitrogens with zero attached hydrogens (tertiary/aromatic N) is 5. The molecule has 1 amide bonds. The molecular weight excluding hydrogens is 538 g/mol. The van der Waals surface area contributed by atoms with E-state index >= 15 is 0 Å². The van der Waals surface area contributed by atoms with Crippen molar-refractivity contribution in [2.24, 2.45) is 0 Å².